The van der Waals surface area contributed by atoms with Crippen LogP contribution in [0.2, 0.25) is 0 Å². The number of benzene rings is 1. The van der Waals surface area contributed by atoms with Crippen molar-refractivity contribution in [3.63, 3.8) is 0 Å². The number of nitrogens with zero attached hydrogens (tertiary/aromatic N) is 2. The number of hydrogen-bond donors (Lipinski definition) is 0. The second-order valence-corrected chi connectivity index (χ2v) is 5.35. The summed E-state index contributed by atoms with van der Waals surface area (Å²) in [5, 5.41) is 10.6. The molecule has 0 amide bonds. The summed E-state index contributed by atoms with van der Waals surface area (Å²) in [4.78, 5) is 24.5. The van der Waals surface area contributed by atoms with Gasteiger partial charge in [0.25, 0.3) is 5.69 Å². The molecule has 0 aliphatic heterocycles. The number of ketones is 1. The molecule has 0 radical (unpaired) electrons. The second kappa shape index (κ2) is 6.61. The summed E-state index contributed by atoms with van der Waals surface area (Å²) in [6, 6.07) is 5.85. The zero-order valence-electron chi connectivity index (χ0n) is 11.7. The molecule has 0 unspecified atom stereocenters. The van der Waals surface area contributed by atoms with Crippen molar-refractivity contribution < 1.29 is 9.72 Å². The van der Waals surface area contributed by atoms with Crippen LogP contribution in [0.5, 0.6) is 0 Å². The highest BCUT2D eigenvalue weighted by atomic mass is 16.6. The van der Waals surface area contributed by atoms with Crippen LogP contribution < -0.4 is 0 Å². The van der Waals surface area contributed by atoms with Crippen molar-refractivity contribution in [3.8, 4) is 0 Å². The van der Waals surface area contributed by atoms with Crippen molar-refractivity contribution in [1.29, 1.82) is 0 Å². The van der Waals surface area contributed by atoms with Gasteiger partial charge in [-0.25, -0.2) is 0 Å². The minimum absolute atomic E-state index is 0.0170. The molecule has 0 saturated heterocycles. The highest BCUT2D eigenvalue weighted by Gasteiger charge is 2.21. The van der Waals surface area contributed by atoms with Gasteiger partial charge in [-0.1, -0.05) is 13.3 Å². The fourth-order valence-electron chi connectivity index (χ4n) is 2.41. The van der Waals surface area contributed by atoms with E-state index in [1.165, 1.54) is 43.5 Å². The number of rotatable bonds is 7. The maximum Gasteiger partial charge on any atom is 0.269 e. The van der Waals surface area contributed by atoms with E-state index in [9.17, 15) is 14.9 Å². The fourth-order valence-corrected chi connectivity index (χ4v) is 2.41. The van der Waals surface area contributed by atoms with E-state index < -0.39 is 4.92 Å². The van der Waals surface area contributed by atoms with Crippen LogP contribution in [0, 0.1) is 16.0 Å². The van der Waals surface area contributed by atoms with Crippen molar-refractivity contribution >= 4 is 11.5 Å². The van der Waals surface area contributed by atoms with Gasteiger partial charge in [0.1, 0.15) is 0 Å². The van der Waals surface area contributed by atoms with Crippen molar-refractivity contribution in [1.82, 2.24) is 4.90 Å². The molecular weight excluding hydrogens is 256 g/mol. The van der Waals surface area contributed by atoms with Gasteiger partial charge < -0.3 is 0 Å². The molecule has 2 rings (SSSR count). The average Bonchev–Trinajstić information content (AvgIpc) is 2.41. The third kappa shape index (κ3) is 3.63. The summed E-state index contributed by atoms with van der Waals surface area (Å²) in [5.41, 5.74) is 0.561. The molecule has 1 saturated carbocycles. The molecule has 5 nitrogen and oxygen atoms in total. The number of hydrogen-bond acceptors (Lipinski definition) is 4. The van der Waals surface area contributed by atoms with Gasteiger partial charge in [0, 0.05) is 24.2 Å². The lowest BCUT2D eigenvalue weighted by atomic mass is 9.85. The molecule has 0 spiro atoms. The second-order valence-electron chi connectivity index (χ2n) is 5.35. The smallest absolute Gasteiger partial charge is 0.269 e. The van der Waals surface area contributed by atoms with Crippen molar-refractivity contribution in [2.45, 2.75) is 26.2 Å². The summed E-state index contributed by atoms with van der Waals surface area (Å²) >= 11 is 0. The average molecular weight is 276 g/mol. The van der Waals surface area contributed by atoms with Gasteiger partial charge in [0.2, 0.25) is 0 Å². The van der Waals surface area contributed by atoms with Gasteiger partial charge in [0.15, 0.2) is 5.78 Å². The van der Waals surface area contributed by atoms with Gasteiger partial charge in [-0.05, 0) is 37.4 Å². The molecule has 5 heteroatoms. The van der Waals surface area contributed by atoms with Crippen molar-refractivity contribution in [2.75, 3.05) is 19.6 Å². The largest absolute Gasteiger partial charge is 0.296 e. The number of nitro benzene ring substituents is 1. The standard InChI is InChI=1S/C15H20N2O3/c1-2-16(10-12-4-3-5-12)11-15(18)13-6-8-14(9-7-13)17(19)20/h6-9,12H,2-5,10-11H2,1H3. The Morgan fingerprint density at radius 3 is 2.45 bits per heavy atom. The highest BCUT2D eigenvalue weighted by Crippen LogP contribution is 2.27. The Hall–Kier alpha value is -1.75. The normalized spacial score (nSPS) is 15.1. The van der Waals surface area contributed by atoms with E-state index in [-0.39, 0.29) is 11.5 Å². The fraction of sp³-hybridized carbons (Fsp3) is 0.533. The first-order valence-corrected chi connectivity index (χ1v) is 7.10. The van der Waals surface area contributed by atoms with E-state index in [0.717, 1.165) is 19.0 Å². The maximum absolute atomic E-state index is 12.2. The summed E-state index contributed by atoms with van der Waals surface area (Å²) in [6.45, 7) is 4.29. The molecule has 1 aliphatic rings. The number of non-ortho nitro benzene ring substituents is 1. The van der Waals surface area contributed by atoms with Crippen molar-refractivity contribution in [3.05, 3.63) is 39.9 Å². The van der Waals surface area contributed by atoms with Crippen LogP contribution in [0.3, 0.4) is 0 Å². The number of carbonyl (C=O) groups is 1. The molecule has 1 aromatic carbocycles. The van der Waals surface area contributed by atoms with Crippen LogP contribution in [0.1, 0.15) is 36.5 Å². The minimum Gasteiger partial charge on any atom is -0.296 e. The number of carbonyl (C=O) groups excluding carboxylic acids is 1. The molecule has 0 N–H and O–H groups in total. The van der Waals surface area contributed by atoms with E-state index in [1.54, 1.807) is 0 Å². The molecule has 0 atom stereocenters. The molecule has 0 bridgehead atoms. The van der Waals surface area contributed by atoms with E-state index in [2.05, 4.69) is 11.8 Å². The lowest BCUT2D eigenvalue weighted by Crippen LogP contribution is -2.36. The number of likely N-dealkylation sites (N-methyl/N-ethyl adjacent to an activating group) is 1. The Morgan fingerprint density at radius 2 is 2.00 bits per heavy atom. The van der Waals surface area contributed by atoms with E-state index >= 15 is 0 Å². The van der Waals surface area contributed by atoms with E-state index in [4.69, 9.17) is 0 Å². The zero-order chi connectivity index (χ0) is 14.5. The van der Waals surface area contributed by atoms with Crippen LogP contribution in [0.4, 0.5) is 5.69 Å². The van der Waals surface area contributed by atoms with Gasteiger partial charge in [-0.3, -0.25) is 19.8 Å². The number of Topliss-reactive ketones (excluding diaryl/α,β-unsaturated/α-hetero) is 1. The van der Waals surface area contributed by atoms with Crippen LogP contribution in [0.15, 0.2) is 24.3 Å². The molecule has 1 aromatic rings. The summed E-state index contributed by atoms with van der Waals surface area (Å²) < 4.78 is 0. The van der Waals surface area contributed by atoms with Gasteiger partial charge >= 0.3 is 0 Å². The summed E-state index contributed by atoms with van der Waals surface area (Å²) in [5.74, 6) is 0.765. The monoisotopic (exact) mass is 276 g/mol. The topological polar surface area (TPSA) is 63.5 Å². The molecule has 20 heavy (non-hydrogen) atoms. The third-order valence-electron chi connectivity index (χ3n) is 3.96. The van der Waals surface area contributed by atoms with Crippen LogP contribution in [-0.2, 0) is 0 Å². The SMILES string of the molecule is CCN(CC(=O)c1ccc([N+](=O)[O-])cc1)CC1CCC1. The molecule has 1 aliphatic carbocycles. The summed E-state index contributed by atoms with van der Waals surface area (Å²) in [6.07, 6.45) is 3.84. The first-order valence-electron chi connectivity index (χ1n) is 7.10. The lowest BCUT2D eigenvalue weighted by molar-refractivity contribution is -0.384. The molecule has 1 fully saturated rings. The predicted octanol–water partition coefficient (Wildman–Crippen LogP) is 2.90. The lowest BCUT2D eigenvalue weighted by Gasteiger charge is -2.31. The maximum atomic E-state index is 12.2. The van der Waals surface area contributed by atoms with Gasteiger partial charge in [0.05, 0.1) is 11.5 Å². The molecule has 0 aromatic heterocycles. The van der Waals surface area contributed by atoms with E-state index in [1.807, 2.05) is 0 Å². The molecule has 108 valence electrons. The van der Waals surface area contributed by atoms with Crippen LogP contribution >= 0.6 is 0 Å². The molecule has 0 heterocycles. The van der Waals surface area contributed by atoms with Gasteiger partial charge in [-0.15, -0.1) is 0 Å². The van der Waals surface area contributed by atoms with Crippen molar-refractivity contribution in [2.24, 2.45) is 5.92 Å². The first-order chi connectivity index (χ1) is 9.60. The van der Waals surface area contributed by atoms with Crippen LogP contribution in [0.25, 0.3) is 0 Å². The van der Waals surface area contributed by atoms with E-state index in [0.29, 0.717) is 12.1 Å². The number of nitro groups is 1. The Kier molecular flexibility index (Phi) is 4.84. The zero-order valence-corrected chi connectivity index (χ0v) is 11.7. The molecular formula is C15H20N2O3. The predicted molar refractivity (Wildman–Crippen MR) is 76.9 cm³/mol. The van der Waals surface area contributed by atoms with Gasteiger partial charge in [-0.2, -0.15) is 0 Å². The first kappa shape index (κ1) is 14.7. The Bertz CT molecular complexity index is 480. The Morgan fingerprint density at radius 1 is 1.35 bits per heavy atom. The third-order valence-corrected chi connectivity index (χ3v) is 3.96. The Balaban J connectivity index is 1.93. The minimum atomic E-state index is -0.455. The summed E-state index contributed by atoms with van der Waals surface area (Å²) in [7, 11) is 0. The highest BCUT2D eigenvalue weighted by molar-refractivity contribution is 5.97. The quantitative estimate of drug-likeness (QED) is 0.436. The Labute approximate surface area is 118 Å². The van der Waals surface area contributed by atoms with Crippen LogP contribution in [-0.4, -0.2) is 35.2 Å².